The highest BCUT2D eigenvalue weighted by molar-refractivity contribution is 5.91. The first kappa shape index (κ1) is 18.4. The van der Waals surface area contributed by atoms with Crippen LogP contribution in [0.2, 0.25) is 0 Å². The van der Waals surface area contributed by atoms with Crippen molar-refractivity contribution in [3.8, 4) is 0 Å². The van der Waals surface area contributed by atoms with Crippen molar-refractivity contribution in [2.75, 3.05) is 26.8 Å². The lowest BCUT2D eigenvalue weighted by Gasteiger charge is -2.36. The van der Waals surface area contributed by atoms with Gasteiger partial charge >= 0.3 is 0 Å². The van der Waals surface area contributed by atoms with Gasteiger partial charge in [-0.15, -0.1) is 0 Å². The highest BCUT2D eigenvalue weighted by Crippen LogP contribution is 2.39. The molecular formula is C18H25FN2O3. The number of ether oxygens (including phenoxy) is 1. The third-order valence-corrected chi connectivity index (χ3v) is 4.56. The first-order chi connectivity index (χ1) is 11.6. The minimum absolute atomic E-state index is 0.0837. The molecule has 2 rings (SSSR count). The van der Waals surface area contributed by atoms with Gasteiger partial charge in [-0.05, 0) is 30.5 Å². The minimum Gasteiger partial charge on any atom is -0.383 e. The van der Waals surface area contributed by atoms with E-state index in [9.17, 15) is 14.0 Å². The third kappa shape index (κ3) is 4.54. The summed E-state index contributed by atoms with van der Waals surface area (Å²) in [5, 5.41) is 5.39. The van der Waals surface area contributed by atoms with E-state index < -0.39 is 5.41 Å². The number of amides is 2. The van der Waals surface area contributed by atoms with Gasteiger partial charge in [0.2, 0.25) is 11.8 Å². The van der Waals surface area contributed by atoms with E-state index in [2.05, 4.69) is 10.6 Å². The van der Waals surface area contributed by atoms with E-state index in [0.29, 0.717) is 31.6 Å². The number of nitrogens with one attached hydrogen (secondary N) is 2. The van der Waals surface area contributed by atoms with Crippen LogP contribution in [0.15, 0.2) is 24.3 Å². The molecule has 132 valence electrons. The minimum atomic E-state index is -0.743. The molecule has 5 nitrogen and oxygen atoms in total. The van der Waals surface area contributed by atoms with Crippen LogP contribution >= 0.6 is 0 Å². The molecule has 1 saturated carbocycles. The number of rotatable bonds is 7. The second-order valence-electron chi connectivity index (χ2n) is 6.18. The molecule has 1 aromatic rings. The number of benzene rings is 1. The molecule has 1 aliphatic carbocycles. The number of methoxy groups -OCH3 is 1. The van der Waals surface area contributed by atoms with Crippen molar-refractivity contribution in [3.05, 3.63) is 35.6 Å². The molecule has 0 radical (unpaired) electrons. The standard InChI is InChI=1S/C18H25FN2O3/c1-24-11-10-20-16(22)13-21-17(23)18(8-3-2-4-9-18)14-6-5-7-15(19)12-14/h5-7,12H,2-4,8-11,13H2,1H3,(H,20,22)(H,21,23). The van der Waals surface area contributed by atoms with E-state index >= 15 is 0 Å². The Balaban J connectivity index is 2.05. The fourth-order valence-electron chi connectivity index (χ4n) is 3.27. The van der Waals surface area contributed by atoms with Gasteiger partial charge < -0.3 is 15.4 Å². The van der Waals surface area contributed by atoms with Crippen molar-refractivity contribution >= 4 is 11.8 Å². The summed E-state index contributed by atoms with van der Waals surface area (Å²) in [4.78, 5) is 24.6. The van der Waals surface area contributed by atoms with Crippen molar-refractivity contribution < 1.29 is 18.7 Å². The number of halogens is 1. The lowest BCUT2D eigenvalue weighted by molar-refractivity contribution is -0.130. The molecule has 1 aliphatic rings. The maximum absolute atomic E-state index is 13.6. The van der Waals surface area contributed by atoms with Gasteiger partial charge in [-0.25, -0.2) is 4.39 Å². The van der Waals surface area contributed by atoms with Crippen molar-refractivity contribution in [1.29, 1.82) is 0 Å². The Kier molecular flexibility index (Phi) is 6.73. The first-order valence-electron chi connectivity index (χ1n) is 8.38. The zero-order chi connectivity index (χ0) is 17.4. The summed E-state index contributed by atoms with van der Waals surface area (Å²) in [7, 11) is 1.56. The highest BCUT2D eigenvalue weighted by Gasteiger charge is 2.41. The molecule has 24 heavy (non-hydrogen) atoms. The second kappa shape index (κ2) is 8.78. The van der Waals surface area contributed by atoms with Crippen molar-refractivity contribution in [2.45, 2.75) is 37.5 Å². The Labute approximate surface area is 142 Å². The summed E-state index contributed by atoms with van der Waals surface area (Å²) in [5.41, 5.74) is -0.0489. The predicted octanol–water partition coefficient (Wildman–Crippen LogP) is 1.91. The van der Waals surface area contributed by atoms with Crippen LogP contribution in [0.25, 0.3) is 0 Å². The van der Waals surface area contributed by atoms with Gasteiger partial charge in [0, 0.05) is 13.7 Å². The largest absolute Gasteiger partial charge is 0.383 e. The second-order valence-corrected chi connectivity index (χ2v) is 6.18. The first-order valence-corrected chi connectivity index (χ1v) is 8.38. The van der Waals surface area contributed by atoms with E-state index in [0.717, 1.165) is 19.3 Å². The molecule has 2 amide bonds. The Bertz CT molecular complexity index is 571. The molecule has 1 fully saturated rings. The zero-order valence-corrected chi connectivity index (χ0v) is 14.1. The summed E-state index contributed by atoms with van der Waals surface area (Å²) in [6, 6.07) is 6.24. The van der Waals surface area contributed by atoms with Crippen molar-refractivity contribution in [2.24, 2.45) is 0 Å². The quantitative estimate of drug-likeness (QED) is 0.748. The van der Waals surface area contributed by atoms with E-state index in [4.69, 9.17) is 4.74 Å². The van der Waals surface area contributed by atoms with Crippen LogP contribution in [0, 0.1) is 5.82 Å². The molecule has 2 N–H and O–H groups in total. The number of hydrogen-bond acceptors (Lipinski definition) is 3. The molecular weight excluding hydrogens is 311 g/mol. The summed E-state index contributed by atoms with van der Waals surface area (Å²) in [6.07, 6.45) is 4.26. The summed E-state index contributed by atoms with van der Waals surface area (Å²) < 4.78 is 18.5. The van der Waals surface area contributed by atoms with Crippen LogP contribution in [0.5, 0.6) is 0 Å². The van der Waals surface area contributed by atoms with Gasteiger partial charge in [-0.2, -0.15) is 0 Å². The monoisotopic (exact) mass is 336 g/mol. The van der Waals surface area contributed by atoms with Gasteiger partial charge in [0.15, 0.2) is 0 Å². The van der Waals surface area contributed by atoms with Gasteiger partial charge in [0.1, 0.15) is 5.82 Å². The molecule has 0 bridgehead atoms. The zero-order valence-electron chi connectivity index (χ0n) is 14.1. The van der Waals surface area contributed by atoms with E-state index in [1.54, 1.807) is 19.2 Å². The van der Waals surface area contributed by atoms with Crippen LogP contribution in [-0.4, -0.2) is 38.6 Å². The van der Waals surface area contributed by atoms with Crippen LogP contribution in [0.3, 0.4) is 0 Å². The fourth-order valence-corrected chi connectivity index (χ4v) is 3.27. The SMILES string of the molecule is COCCNC(=O)CNC(=O)C1(c2cccc(F)c2)CCCCC1. The molecule has 0 atom stereocenters. The van der Waals surface area contributed by atoms with Gasteiger partial charge in [0.25, 0.3) is 0 Å². The lowest BCUT2D eigenvalue weighted by Crippen LogP contribution is -2.48. The molecule has 0 aliphatic heterocycles. The van der Waals surface area contributed by atoms with Crippen LogP contribution in [-0.2, 0) is 19.7 Å². The van der Waals surface area contributed by atoms with Crippen LogP contribution in [0.1, 0.15) is 37.7 Å². The maximum Gasteiger partial charge on any atom is 0.239 e. The molecule has 0 aromatic heterocycles. The molecule has 0 unspecified atom stereocenters. The highest BCUT2D eigenvalue weighted by atomic mass is 19.1. The Hall–Kier alpha value is -1.95. The van der Waals surface area contributed by atoms with E-state index in [1.807, 2.05) is 0 Å². The summed E-state index contributed by atoms with van der Waals surface area (Å²) in [6.45, 7) is 0.743. The van der Waals surface area contributed by atoms with E-state index in [1.165, 1.54) is 12.1 Å². The lowest BCUT2D eigenvalue weighted by atomic mass is 9.68. The molecule has 0 heterocycles. The average Bonchev–Trinajstić information content (AvgIpc) is 2.60. The smallest absolute Gasteiger partial charge is 0.239 e. The fraction of sp³-hybridized carbons (Fsp3) is 0.556. The molecule has 0 saturated heterocycles. The van der Waals surface area contributed by atoms with Gasteiger partial charge in [-0.1, -0.05) is 31.4 Å². The summed E-state index contributed by atoms with van der Waals surface area (Å²) in [5.74, 6) is -0.803. The van der Waals surface area contributed by atoms with E-state index in [-0.39, 0.29) is 24.2 Å². The molecule has 6 heteroatoms. The Morgan fingerprint density at radius 2 is 1.96 bits per heavy atom. The number of carbonyl (C=O) groups is 2. The van der Waals surface area contributed by atoms with Crippen LogP contribution < -0.4 is 10.6 Å². The normalized spacial score (nSPS) is 16.4. The predicted molar refractivity (Wildman–Crippen MR) is 89.1 cm³/mol. The number of hydrogen-bond donors (Lipinski definition) is 2. The Morgan fingerprint density at radius 3 is 2.62 bits per heavy atom. The van der Waals surface area contributed by atoms with Gasteiger partial charge in [0.05, 0.1) is 18.6 Å². The topological polar surface area (TPSA) is 67.4 Å². The number of carbonyl (C=O) groups excluding carboxylic acids is 2. The van der Waals surface area contributed by atoms with Gasteiger partial charge in [-0.3, -0.25) is 9.59 Å². The maximum atomic E-state index is 13.6. The van der Waals surface area contributed by atoms with Crippen molar-refractivity contribution in [1.82, 2.24) is 10.6 Å². The molecule has 1 aromatic carbocycles. The van der Waals surface area contributed by atoms with Crippen LogP contribution in [0.4, 0.5) is 4.39 Å². The Morgan fingerprint density at radius 1 is 1.21 bits per heavy atom. The third-order valence-electron chi connectivity index (χ3n) is 4.56. The average molecular weight is 336 g/mol. The van der Waals surface area contributed by atoms with Crippen molar-refractivity contribution in [3.63, 3.8) is 0 Å². The summed E-state index contributed by atoms with van der Waals surface area (Å²) >= 11 is 0. The molecule has 0 spiro atoms.